The van der Waals surface area contributed by atoms with Crippen molar-refractivity contribution in [1.82, 2.24) is 0 Å². The molecule has 0 amide bonds. The van der Waals surface area contributed by atoms with E-state index in [-0.39, 0.29) is 6.61 Å². The molecule has 0 saturated heterocycles. The Morgan fingerprint density at radius 1 is 1.20 bits per heavy atom. The highest BCUT2D eigenvalue weighted by atomic mass is 16.5. The highest BCUT2D eigenvalue weighted by molar-refractivity contribution is 5.87. The summed E-state index contributed by atoms with van der Waals surface area (Å²) < 4.78 is 15.5. The van der Waals surface area contributed by atoms with Gasteiger partial charge in [0.1, 0.15) is 13.2 Å². The number of methoxy groups -OCH3 is 1. The first-order valence-corrected chi connectivity index (χ1v) is 6.08. The standard InChI is InChI=1S/C16H18O4/c1-4-10-19-14-8-6-13(12-15(14)18-3)7-9-16(17)20-11-5-2/h4-9,12H,1-2,10-11H2,3H3/b9-7+. The van der Waals surface area contributed by atoms with Gasteiger partial charge in [0.2, 0.25) is 0 Å². The van der Waals surface area contributed by atoms with Gasteiger partial charge in [0.15, 0.2) is 11.5 Å². The minimum absolute atomic E-state index is 0.195. The predicted molar refractivity (Wildman–Crippen MR) is 78.9 cm³/mol. The summed E-state index contributed by atoms with van der Waals surface area (Å²) in [6, 6.07) is 5.37. The summed E-state index contributed by atoms with van der Waals surface area (Å²) in [6.45, 7) is 7.65. The molecule has 0 heterocycles. The Kier molecular flexibility index (Phi) is 6.68. The maximum atomic E-state index is 11.3. The van der Waals surface area contributed by atoms with E-state index in [9.17, 15) is 4.79 Å². The molecule has 1 aromatic carbocycles. The highest BCUT2D eigenvalue weighted by Gasteiger charge is 2.04. The summed E-state index contributed by atoms with van der Waals surface area (Å²) in [5.41, 5.74) is 0.809. The third-order valence-corrected chi connectivity index (χ3v) is 2.30. The molecule has 0 spiro atoms. The fourth-order valence-electron chi connectivity index (χ4n) is 1.41. The highest BCUT2D eigenvalue weighted by Crippen LogP contribution is 2.28. The largest absolute Gasteiger partial charge is 0.493 e. The first-order chi connectivity index (χ1) is 9.71. The van der Waals surface area contributed by atoms with E-state index in [1.165, 1.54) is 12.2 Å². The van der Waals surface area contributed by atoms with Crippen LogP contribution >= 0.6 is 0 Å². The van der Waals surface area contributed by atoms with Gasteiger partial charge in [0.25, 0.3) is 0 Å². The second-order valence-corrected chi connectivity index (χ2v) is 3.76. The fourth-order valence-corrected chi connectivity index (χ4v) is 1.41. The number of hydrogen-bond donors (Lipinski definition) is 0. The summed E-state index contributed by atoms with van der Waals surface area (Å²) in [7, 11) is 1.56. The molecule has 0 N–H and O–H groups in total. The molecular weight excluding hydrogens is 256 g/mol. The number of benzene rings is 1. The Bertz CT molecular complexity index is 503. The van der Waals surface area contributed by atoms with Crippen LogP contribution in [-0.4, -0.2) is 26.3 Å². The van der Waals surface area contributed by atoms with Gasteiger partial charge >= 0.3 is 5.97 Å². The molecule has 0 atom stereocenters. The molecule has 106 valence electrons. The molecule has 0 aliphatic heterocycles. The number of carbonyl (C=O) groups excluding carboxylic acids is 1. The van der Waals surface area contributed by atoms with Crippen LogP contribution < -0.4 is 9.47 Å². The fraction of sp³-hybridized carbons (Fsp3) is 0.188. The van der Waals surface area contributed by atoms with Crippen LogP contribution in [0.3, 0.4) is 0 Å². The number of carbonyl (C=O) groups is 1. The average molecular weight is 274 g/mol. The Balaban J connectivity index is 2.76. The topological polar surface area (TPSA) is 44.8 Å². The molecule has 0 saturated carbocycles. The van der Waals surface area contributed by atoms with Gasteiger partial charge in [-0.2, -0.15) is 0 Å². The van der Waals surface area contributed by atoms with Crippen molar-refractivity contribution >= 4 is 12.0 Å². The number of rotatable bonds is 8. The van der Waals surface area contributed by atoms with E-state index in [0.717, 1.165) is 5.56 Å². The minimum atomic E-state index is -0.421. The molecule has 0 aliphatic carbocycles. The molecule has 0 fully saturated rings. The lowest BCUT2D eigenvalue weighted by Crippen LogP contribution is -1.99. The van der Waals surface area contributed by atoms with Crippen LogP contribution in [0.4, 0.5) is 0 Å². The van der Waals surface area contributed by atoms with Gasteiger partial charge in [-0.05, 0) is 23.8 Å². The number of ether oxygens (including phenoxy) is 3. The first kappa shape index (κ1) is 15.6. The van der Waals surface area contributed by atoms with Crippen LogP contribution in [-0.2, 0) is 9.53 Å². The Morgan fingerprint density at radius 3 is 2.60 bits per heavy atom. The first-order valence-electron chi connectivity index (χ1n) is 6.08. The normalized spacial score (nSPS) is 10.1. The summed E-state index contributed by atoms with van der Waals surface area (Å²) in [5.74, 6) is 0.795. The third kappa shape index (κ3) is 5.02. The molecule has 1 aromatic rings. The Labute approximate surface area is 119 Å². The van der Waals surface area contributed by atoms with Crippen molar-refractivity contribution in [3.05, 3.63) is 55.1 Å². The van der Waals surface area contributed by atoms with Gasteiger partial charge in [-0.1, -0.05) is 31.4 Å². The summed E-state index contributed by atoms with van der Waals surface area (Å²) in [6.07, 6.45) is 6.16. The van der Waals surface area contributed by atoms with Crippen LogP contribution in [0, 0.1) is 0 Å². The average Bonchev–Trinajstić information content (AvgIpc) is 2.49. The minimum Gasteiger partial charge on any atom is -0.493 e. The van der Waals surface area contributed by atoms with Crippen LogP contribution in [0.15, 0.2) is 49.6 Å². The van der Waals surface area contributed by atoms with Gasteiger partial charge < -0.3 is 14.2 Å². The van der Waals surface area contributed by atoms with E-state index in [1.54, 1.807) is 31.4 Å². The van der Waals surface area contributed by atoms with Crippen molar-refractivity contribution in [3.8, 4) is 11.5 Å². The van der Waals surface area contributed by atoms with Gasteiger partial charge in [0.05, 0.1) is 7.11 Å². The molecule has 0 aliphatic rings. The van der Waals surface area contributed by atoms with Gasteiger partial charge in [0, 0.05) is 6.08 Å². The van der Waals surface area contributed by atoms with Gasteiger partial charge in [-0.3, -0.25) is 0 Å². The maximum Gasteiger partial charge on any atom is 0.331 e. The lowest BCUT2D eigenvalue weighted by atomic mass is 10.2. The van der Waals surface area contributed by atoms with Crippen molar-refractivity contribution < 1.29 is 19.0 Å². The zero-order valence-corrected chi connectivity index (χ0v) is 11.5. The Hall–Kier alpha value is -2.49. The molecule has 1 rings (SSSR count). The SMILES string of the molecule is C=CCOC(=O)/C=C/c1ccc(OCC=C)c(OC)c1. The van der Waals surface area contributed by atoms with Crippen molar-refractivity contribution in [3.63, 3.8) is 0 Å². The molecule has 0 unspecified atom stereocenters. The monoisotopic (exact) mass is 274 g/mol. The van der Waals surface area contributed by atoms with Crippen LogP contribution in [0.25, 0.3) is 6.08 Å². The van der Waals surface area contributed by atoms with Crippen LogP contribution in [0.2, 0.25) is 0 Å². The number of hydrogen-bond acceptors (Lipinski definition) is 4. The molecule has 20 heavy (non-hydrogen) atoms. The Morgan fingerprint density at radius 2 is 1.95 bits per heavy atom. The van der Waals surface area contributed by atoms with E-state index in [4.69, 9.17) is 14.2 Å². The summed E-state index contributed by atoms with van der Waals surface area (Å²) >= 11 is 0. The zero-order valence-electron chi connectivity index (χ0n) is 11.5. The van der Waals surface area contributed by atoms with Crippen molar-refractivity contribution in [2.75, 3.05) is 20.3 Å². The quantitative estimate of drug-likeness (QED) is 0.415. The molecule has 0 bridgehead atoms. The summed E-state index contributed by atoms with van der Waals surface area (Å²) in [5, 5.41) is 0. The predicted octanol–water partition coefficient (Wildman–Crippen LogP) is 3.00. The van der Waals surface area contributed by atoms with E-state index in [2.05, 4.69) is 13.2 Å². The maximum absolute atomic E-state index is 11.3. The second kappa shape index (κ2) is 8.58. The van der Waals surface area contributed by atoms with Crippen LogP contribution in [0.1, 0.15) is 5.56 Å². The zero-order chi connectivity index (χ0) is 14.8. The molecule has 0 radical (unpaired) electrons. The molecule has 4 nitrogen and oxygen atoms in total. The van der Waals surface area contributed by atoms with Crippen LogP contribution in [0.5, 0.6) is 11.5 Å². The van der Waals surface area contributed by atoms with E-state index >= 15 is 0 Å². The van der Waals surface area contributed by atoms with E-state index in [0.29, 0.717) is 18.1 Å². The van der Waals surface area contributed by atoms with Crippen molar-refractivity contribution in [2.24, 2.45) is 0 Å². The van der Waals surface area contributed by atoms with E-state index in [1.807, 2.05) is 6.07 Å². The van der Waals surface area contributed by atoms with Gasteiger partial charge in [-0.15, -0.1) is 0 Å². The lowest BCUT2D eigenvalue weighted by Gasteiger charge is -2.09. The molecular formula is C16H18O4. The van der Waals surface area contributed by atoms with Crippen molar-refractivity contribution in [2.45, 2.75) is 0 Å². The summed E-state index contributed by atoms with van der Waals surface area (Å²) in [4.78, 5) is 11.3. The second-order valence-electron chi connectivity index (χ2n) is 3.76. The van der Waals surface area contributed by atoms with Gasteiger partial charge in [-0.25, -0.2) is 4.79 Å². The molecule has 4 heteroatoms. The smallest absolute Gasteiger partial charge is 0.331 e. The lowest BCUT2D eigenvalue weighted by molar-refractivity contribution is -0.136. The van der Waals surface area contributed by atoms with E-state index < -0.39 is 5.97 Å². The molecule has 0 aromatic heterocycles. The van der Waals surface area contributed by atoms with Crippen molar-refractivity contribution in [1.29, 1.82) is 0 Å². The third-order valence-electron chi connectivity index (χ3n) is 2.30. The number of esters is 1.